The molecule has 2 rings (SSSR count). The standard InChI is InChI=1S/C13H17N2.CHF3O3S/c1-3-13(12-7-5-4-6-8-12)15-10-9-14(2)11-15;2-1(3,4)8(5,6)7/h4-11,13H,3H2,1-2H3;(H,5,6,7)/q+1;/p-1. The zero-order valence-electron chi connectivity index (χ0n) is 12.6. The molecule has 128 valence electrons. The Kier molecular flexibility index (Phi) is 6.34. The molecule has 23 heavy (non-hydrogen) atoms. The number of imidazole rings is 1. The first-order valence-electron chi connectivity index (χ1n) is 6.66. The Labute approximate surface area is 132 Å². The molecule has 0 spiro atoms. The third-order valence-electron chi connectivity index (χ3n) is 3.00. The summed E-state index contributed by atoms with van der Waals surface area (Å²) in [6.45, 7) is 2.22. The predicted octanol–water partition coefficient (Wildman–Crippen LogP) is 2.36. The summed E-state index contributed by atoms with van der Waals surface area (Å²) in [5.74, 6) is 0. The lowest BCUT2D eigenvalue weighted by Gasteiger charge is -2.11. The number of benzene rings is 1. The van der Waals surface area contributed by atoms with E-state index >= 15 is 0 Å². The third kappa shape index (κ3) is 5.68. The SMILES string of the molecule is CCC(c1ccccc1)[n+]1ccn(C)c1.O=S(=O)([O-])C(F)(F)F. The van der Waals surface area contributed by atoms with E-state index < -0.39 is 15.6 Å². The minimum absolute atomic E-state index is 0.451. The minimum Gasteiger partial charge on any atom is -0.741 e. The van der Waals surface area contributed by atoms with Crippen LogP contribution in [-0.4, -0.2) is 23.0 Å². The van der Waals surface area contributed by atoms with Crippen LogP contribution >= 0.6 is 0 Å². The van der Waals surface area contributed by atoms with Crippen LogP contribution in [0.1, 0.15) is 24.9 Å². The summed E-state index contributed by atoms with van der Waals surface area (Å²) in [4.78, 5) is 0. The number of halogens is 3. The van der Waals surface area contributed by atoms with Crippen LogP contribution in [-0.2, 0) is 17.2 Å². The summed E-state index contributed by atoms with van der Waals surface area (Å²) >= 11 is 0. The summed E-state index contributed by atoms with van der Waals surface area (Å²) in [6.07, 6.45) is 7.44. The van der Waals surface area contributed by atoms with Crippen molar-refractivity contribution < 1.29 is 30.7 Å². The van der Waals surface area contributed by atoms with Gasteiger partial charge in [-0.1, -0.05) is 37.3 Å². The number of aryl methyl sites for hydroxylation is 1. The van der Waals surface area contributed by atoms with Crippen LogP contribution < -0.4 is 4.57 Å². The molecule has 0 aliphatic carbocycles. The lowest BCUT2D eigenvalue weighted by molar-refractivity contribution is -0.713. The average Bonchev–Trinajstić information content (AvgIpc) is 2.86. The van der Waals surface area contributed by atoms with Crippen LogP contribution in [0.5, 0.6) is 0 Å². The predicted molar refractivity (Wildman–Crippen MR) is 76.2 cm³/mol. The first-order valence-corrected chi connectivity index (χ1v) is 8.07. The molecular weight excluding hydrogens is 333 g/mol. The van der Waals surface area contributed by atoms with Crippen molar-refractivity contribution in [2.24, 2.45) is 7.05 Å². The van der Waals surface area contributed by atoms with Crippen LogP contribution in [0.15, 0.2) is 49.1 Å². The Morgan fingerprint density at radius 2 is 1.78 bits per heavy atom. The van der Waals surface area contributed by atoms with E-state index in [4.69, 9.17) is 13.0 Å². The number of hydrogen-bond acceptors (Lipinski definition) is 3. The van der Waals surface area contributed by atoms with Crippen molar-refractivity contribution in [1.82, 2.24) is 4.57 Å². The molecular formula is C14H17F3N2O3S. The fraction of sp³-hybridized carbons (Fsp3) is 0.357. The fourth-order valence-electron chi connectivity index (χ4n) is 1.95. The van der Waals surface area contributed by atoms with E-state index in [1.54, 1.807) is 0 Å². The molecule has 0 saturated carbocycles. The molecule has 1 heterocycles. The van der Waals surface area contributed by atoms with Crippen molar-refractivity contribution in [1.29, 1.82) is 0 Å². The molecule has 0 radical (unpaired) electrons. The van der Waals surface area contributed by atoms with Crippen LogP contribution in [0.25, 0.3) is 0 Å². The van der Waals surface area contributed by atoms with Gasteiger partial charge in [0.15, 0.2) is 10.1 Å². The minimum atomic E-state index is -6.09. The van der Waals surface area contributed by atoms with Gasteiger partial charge in [-0.25, -0.2) is 17.6 Å². The summed E-state index contributed by atoms with van der Waals surface area (Å²) in [5.41, 5.74) is -4.27. The Hall–Kier alpha value is -1.87. The highest BCUT2D eigenvalue weighted by Gasteiger charge is 2.36. The number of alkyl halides is 3. The van der Waals surface area contributed by atoms with Gasteiger partial charge in [0, 0.05) is 0 Å². The second-order valence-electron chi connectivity index (χ2n) is 4.76. The molecule has 0 fully saturated rings. The lowest BCUT2D eigenvalue weighted by Crippen LogP contribution is -2.37. The summed E-state index contributed by atoms with van der Waals surface area (Å²) < 4.78 is 63.2. The zero-order chi connectivity index (χ0) is 17.7. The maximum atomic E-state index is 10.7. The van der Waals surface area contributed by atoms with E-state index in [1.807, 2.05) is 7.05 Å². The average molecular weight is 350 g/mol. The van der Waals surface area contributed by atoms with Crippen LogP contribution in [0, 0.1) is 0 Å². The molecule has 0 amide bonds. The van der Waals surface area contributed by atoms with E-state index in [9.17, 15) is 13.2 Å². The van der Waals surface area contributed by atoms with Gasteiger partial charge in [0.25, 0.3) is 0 Å². The number of hydrogen-bond donors (Lipinski definition) is 0. The van der Waals surface area contributed by atoms with Crippen molar-refractivity contribution in [3.63, 3.8) is 0 Å². The Balaban J connectivity index is 0.000000284. The molecule has 2 aromatic rings. The lowest BCUT2D eigenvalue weighted by atomic mass is 10.0. The Bertz CT molecular complexity index is 712. The maximum Gasteiger partial charge on any atom is 0.485 e. The summed E-state index contributed by atoms with van der Waals surface area (Å²) in [6, 6.07) is 11.1. The molecule has 5 nitrogen and oxygen atoms in total. The second-order valence-corrected chi connectivity index (χ2v) is 6.13. The van der Waals surface area contributed by atoms with Crippen molar-refractivity contribution in [3.8, 4) is 0 Å². The van der Waals surface area contributed by atoms with Crippen LogP contribution in [0.3, 0.4) is 0 Å². The zero-order valence-corrected chi connectivity index (χ0v) is 13.4. The van der Waals surface area contributed by atoms with Crippen molar-refractivity contribution in [2.75, 3.05) is 0 Å². The van der Waals surface area contributed by atoms with Crippen molar-refractivity contribution in [2.45, 2.75) is 24.9 Å². The van der Waals surface area contributed by atoms with E-state index in [0.717, 1.165) is 6.42 Å². The Morgan fingerprint density at radius 1 is 1.26 bits per heavy atom. The first-order chi connectivity index (χ1) is 10.6. The smallest absolute Gasteiger partial charge is 0.485 e. The molecule has 0 bridgehead atoms. The molecule has 9 heteroatoms. The van der Waals surface area contributed by atoms with Crippen LogP contribution in [0.2, 0.25) is 0 Å². The Morgan fingerprint density at radius 3 is 2.13 bits per heavy atom. The first kappa shape index (κ1) is 19.2. The monoisotopic (exact) mass is 350 g/mol. The molecule has 1 unspecified atom stereocenters. The molecule has 1 aromatic carbocycles. The van der Waals surface area contributed by atoms with Gasteiger partial charge in [-0.15, -0.1) is 0 Å². The largest absolute Gasteiger partial charge is 0.741 e. The second kappa shape index (κ2) is 7.60. The number of rotatable bonds is 3. The molecule has 1 aromatic heterocycles. The van der Waals surface area contributed by atoms with E-state index in [2.05, 4.69) is 65.1 Å². The van der Waals surface area contributed by atoms with Gasteiger partial charge >= 0.3 is 5.51 Å². The number of aromatic nitrogens is 2. The third-order valence-corrected chi connectivity index (χ3v) is 3.57. The van der Waals surface area contributed by atoms with Gasteiger partial charge in [-0.2, -0.15) is 13.2 Å². The number of nitrogens with zero attached hydrogens (tertiary/aromatic N) is 2. The normalized spacial score (nSPS) is 13.1. The maximum absolute atomic E-state index is 10.7. The van der Waals surface area contributed by atoms with E-state index in [-0.39, 0.29) is 0 Å². The molecule has 0 saturated heterocycles. The van der Waals surface area contributed by atoms with E-state index in [1.165, 1.54) is 5.56 Å². The highest BCUT2D eigenvalue weighted by Crippen LogP contribution is 2.20. The molecule has 1 atom stereocenters. The quantitative estimate of drug-likeness (QED) is 0.485. The summed E-state index contributed by atoms with van der Waals surface area (Å²) in [7, 11) is -4.04. The van der Waals surface area contributed by atoms with Gasteiger partial charge < -0.3 is 4.55 Å². The molecule has 0 aliphatic rings. The topological polar surface area (TPSA) is 66.0 Å². The van der Waals surface area contributed by atoms with Gasteiger partial charge in [0.05, 0.1) is 7.05 Å². The van der Waals surface area contributed by atoms with Crippen molar-refractivity contribution in [3.05, 3.63) is 54.6 Å². The van der Waals surface area contributed by atoms with Gasteiger partial charge in [0.1, 0.15) is 18.4 Å². The summed E-state index contributed by atoms with van der Waals surface area (Å²) in [5, 5.41) is 0. The van der Waals surface area contributed by atoms with Gasteiger partial charge in [-0.05, 0) is 12.0 Å². The van der Waals surface area contributed by atoms with Gasteiger partial charge in [0.2, 0.25) is 6.33 Å². The highest BCUT2D eigenvalue weighted by molar-refractivity contribution is 7.86. The van der Waals surface area contributed by atoms with Crippen molar-refractivity contribution >= 4 is 10.1 Å². The fourth-order valence-corrected chi connectivity index (χ4v) is 1.95. The molecule has 0 aliphatic heterocycles. The van der Waals surface area contributed by atoms with Crippen LogP contribution in [0.4, 0.5) is 13.2 Å². The van der Waals surface area contributed by atoms with E-state index in [0.29, 0.717) is 6.04 Å². The van der Waals surface area contributed by atoms with Gasteiger partial charge in [-0.3, -0.25) is 0 Å². The highest BCUT2D eigenvalue weighted by atomic mass is 32.2. The molecule has 0 N–H and O–H groups in total.